The molecular weight excluding hydrogens is 306 g/mol. The standard InChI is InChI=1S/C18H29N3O3/c1-14(2)11-21-9-6-19-17(18(21)22)20-7-3-16(4-8-20)24-13-15-5-10-23-12-15/h6,9,14-16H,3-5,7-8,10-13H2,1-2H3. The Bertz CT molecular complexity index is 573. The van der Waals surface area contributed by atoms with Crippen LogP contribution in [0.3, 0.4) is 0 Å². The minimum Gasteiger partial charge on any atom is -0.381 e. The topological polar surface area (TPSA) is 56.6 Å². The third-order valence-corrected chi connectivity index (χ3v) is 4.79. The van der Waals surface area contributed by atoms with Crippen LogP contribution in [0.1, 0.15) is 33.1 Å². The SMILES string of the molecule is CC(C)Cn1ccnc(N2CCC(OCC3CCOC3)CC2)c1=O. The number of piperidine rings is 1. The summed E-state index contributed by atoms with van der Waals surface area (Å²) in [5.74, 6) is 1.58. The third kappa shape index (κ3) is 4.36. The third-order valence-electron chi connectivity index (χ3n) is 4.79. The number of ether oxygens (including phenoxy) is 2. The first-order valence-electron chi connectivity index (χ1n) is 9.13. The number of nitrogens with zero attached hydrogens (tertiary/aromatic N) is 3. The first-order valence-corrected chi connectivity index (χ1v) is 9.13. The Morgan fingerprint density at radius 1 is 1.33 bits per heavy atom. The summed E-state index contributed by atoms with van der Waals surface area (Å²) in [4.78, 5) is 19.0. The molecule has 2 saturated heterocycles. The molecule has 1 aromatic heterocycles. The smallest absolute Gasteiger partial charge is 0.293 e. The largest absolute Gasteiger partial charge is 0.381 e. The summed E-state index contributed by atoms with van der Waals surface area (Å²) in [6.07, 6.45) is 6.83. The molecule has 0 saturated carbocycles. The minimum absolute atomic E-state index is 0.0219. The fraction of sp³-hybridized carbons (Fsp3) is 0.778. The molecule has 0 bridgehead atoms. The second kappa shape index (κ2) is 8.12. The fourth-order valence-corrected chi connectivity index (χ4v) is 3.41. The highest BCUT2D eigenvalue weighted by molar-refractivity contribution is 5.36. The van der Waals surface area contributed by atoms with E-state index in [-0.39, 0.29) is 5.56 Å². The second-order valence-corrected chi connectivity index (χ2v) is 7.35. The Morgan fingerprint density at radius 3 is 2.79 bits per heavy atom. The number of hydrogen-bond donors (Lipinski definition) is 0. The quantitative estimate of drug-likeness (QED) is 0.795. The summed E-state index contributed by atoms with van der Waals surface area (Å²) >= 11 is 0. The van der Waals surface area contributed by atoms with Gasteiger partial charge in [-0.3, -0.25) is 4.79 Å². The zero-order chi connectivity index (χ0) is 16.9. The first kappa shape index (κ1) is 17.4. The molecule has 6 heteroatoms. The molecule has 2 fully saturated rings. The number of anilines is 1. The maximum absolute atomic E-state index is 12.6. The van der Waals surface area contributed by atoms with Crippen molar-refractivity contribution in [3.63, 3.8) is 0 Å². The van der Waals surface area contributed by atoms with Gasteiger partial charge in [-0.25, -0.2) is 4.98 Å². The maximum atomic E-state index is 12.6. The lowest BCUT2D eigenvalue weighted by molar-refractivity contribution is 0.0131. The lowest BCUT2D eigenvalue weighted by Crippen LogP contribution is -2.41. The van der Waals surface area contributed by atoms with E-state index in [9.17, 15) is 4.79 Å². The average molecular weight is 335 g/mol. The molecule has 134 valence electrons. The van der Waals surface area contributed by atoms with Gasteiger partial charge in [0, 0.05) is 44.6 Å². The van der Waals surface area contributed by atoms with Crippen LogP contribution < -0.4 is 10.5 Å². The average Bonchev–Trinajstić information content (AvgIpc) is 3.09. The molecule has 1 atom stereocenters. The Kier molecular flexibility index (Phi) is 5.89. The van der Waals surface area contributed by atoms with Gasteiger partial charge in [-0.15, -0.1) is 0 Å². The molecule has 0 radical (unpaired) electrons. The van der Waals surface area contributed by atoms with E-state index in [1.807, 2.05) is 0 Å². The van der Waals surface area contributed by atoms with Gasteiger partial charge in [-0.1, -0.05) is 13.8 Å². The highest BCUT2D eigenvalue weighted by Gasteiger charge is 2.24. The van der Waals surface area contributed by atoms with Crippen molar-refractivity contribution in [2.45, 2.75) is 45.8 Å². The summed E-state index contributed by atoms with van der Waals surface area (Å²) in [7, 11) is 0. The molecule has 1 aromatic rings. The van der Waals surface area contributed by atoms with Crippen molar-refractivity contribution in [2.75, 3.05) is 37.8 Å². The van der Waals surface area contributed by atoms with Gasteiger partial charge in [0.2, 0.25) is 0 Å². The van der Waals surface area contributed by atoms with Crippen LogP contribution in [0.4, 0.5) is 5.82 Å². The first-order chi connectivity index (χ1) is 11.6. The molecule has 2 aliphatic heterocycles. The summed E-state index contributed by atoms with van der Waals surface area (Å²) < 4.78 is 13.2. The van der Waals surface area contributed by atoms with E-state index in [4.69, 9.17) is 9.47 Å². The van der Waals surface area contributed by atoms with Crippen molar-refractivity contribution in [1.82, 2.24) is 9.55 Å². The Balaban J connectivity index is 1.53. The minimum atomic E-state index is 0.0219. The van der Waals surface area contributed by atoms with Crippen LogP contribution in [0.25, 0.3) is 0 Å². The predicted octanol–water partition coefficient (Wildman–Crippen LogP) is 1.92. The van der Waals surface area contributed by atoms with Gasteiger partial charge in [0.1, 0.15) is 0 Å². The number of hydrogen-bond acceptors (Lipinski definition) is 5. The van der Waals surface area contributed by atoms with Crippen LogP contribution in [0, 0.1) is 11.8 Å². The molecule has 3 heterocycles. The molecule has 0 amide bonds. The highest BCUT2D eigenvalue weighted by atomic mass is 16.5. The molecule has 24 heavy (non-hydrogen) atoms. The summed E-state index contributed by atoms with van der Waals surface area (Å²) in [5.41, 5.74) is 0.0219. The molecule has 1 unspecified atom stereocenters. The Labute approximate surface area is 143 Å². The summed E-state index contributed by atoms with van der Waals surface area (Å²) in [6, 6.07) is 0. The Morgan fingerprint density at radius 2 is 2.12 bits per heavy atom. The maximum Gasteiger partial charge on any atom is 0.293 e. The van der Waals surface area contributed by atoms with E-state index in [0.717, 1.165) is 58.7 Å². The van der Waals surface area contributed by atoms with Crippen molar-refractivity contribution in [1.29, 1.82) is 0 Å². The number of rotatable bonds is 6. The van der Waals surface area contributed by atoms with Gasteiger partial charge >= 0.3 is 0 Å². The molecule has 6 nitrogen and oxygen atoms in total. The van der Waals surface area contributed by atoms with E-state index in [0.29, 0.717) is 23.8 Å². The highest BCUT2D eigenvalue weighted by Crippen LogP contribution is 2.20. The van der Waals surface area contributed by atoms with E-state index in [1.54, 1.807) is 17.0 Å². The number of aromatic nitrogens is 2. The van der Waals surface area contributed by atoms with Crippen LogP contribution in [0.2, 0.25) is 0 Å². The molecule has 3 rings (SSSR count). The van der Waals surface area contributed by atoms with Crippen LogP contribution >= 0.6 is 0 Å². The van der Waals surface area contributed by atoms with Crippen LogP contribution in [-0.2, 0) is 16.0 Å². The van der Waals surface area contributed by atoms with E-state index in [2.05, 4.69) is 23.7 Å². The molecule has 0 N–H and O–H groups in total. The lowest BCUT2D eigenvalue weighted by atomic mass is 10.1. The summed E-state index contributed by atoms with van der Waals surface area (Å²) in [5, 5.41) is 0. The van der Waals surface area contributed by atoms with Crippen LogP contribution in [0.5, 0.6) is 0 Å². The predicted molar refractivity (Wildman–Crippen MR) is 93.4 cm³/mol. The van der Waals surface area contributed by atoms with Gasteiger partial charge in [-0.2, -0.15) is 0 Å². The van der Waals surface area contributed by atoms with E-state index >= 15 is 0 Å². The second-order valence-electron chi connectivity index (χ2n) is 7.35. The van der Waals surface area contributed by atoms with Crippen molar-refractivity contribution < 1.29 is 9.47 Å². The monoisotopic (exact) mass is 335 g/mol. The fourth-order valence-electron chi connectivity index (χ4n) is 3.41. The van der Waals surface area contributed by atoms with Gasteiger partial charge in [0.15, 0.2) is 5.82 Å². The van der Waals surface area contributed by atoms with Gasteiger partial charge in [-0.05, 0) is 25.2 Å². The van der Waals surface area contributed by atoms with Gasteiger partial charge < -0.3 is 18.9 Å². The van der Waals surface area contributed by atoms with E-state index in [1.165, 1.54) is 0 Å². The van der Waals surface area contributed by atoms with Crippen molar-refractivity contribution in [3.05, 3.63) is 22.7 Å². The Hall–Kier alpha value is -1.40. The lowest BCUT2D eigenvalue weighted by Gasteiger charge is -2.32. The molecule has 0 spiro atoms. The zero-order valence-electron chi connectivity index (χ0n) is 14.8. The molecular formula is C18H29N3O3. The molecule has 0 aliphatic carbocycles. The van der Waals surface area contributed by atoms with Crippen molar-refractivity contribution >= 4 is 5.82 Å². The van der Waals surface area contributed by atoms with Gasteiger partial charge in [0.25, 0.3) is 5.56 Å². The van der Waals surface area contributed by atoms with Crippen LogP contribution in [0.15, 0.2) is 17.2 Å². The normalized spacial score (nSPS) is 22.5. The molecule has 0 aromatic carbocycles. The molecule has 2 aliphatic rings. The zero-order valence-corrected chi connectivity index (χ0v) is 14.8. The van der Waals surface area contributed by atoms with Crippen molar-refractivity contribution in [2.24, 2.45) is 11.8 Å². The summed E-state index contributed by atoms with van der Waals surface area (Å²) in [6.45, 7) is 9.14. The van der Waals surface area contributed by atoms with E-state index < -0.39 is 0 Å². The van der Waals surface area contributed by atoms with Crippen molar-refractivity contribution in [3.8, 4) is 0 Å². The van der Waals surface area contributed by atoms with Crippen LogP contribution in [-0.4, -0.2) is 48.6 Å². The van der Waals surface area contributed by atoms with Gasteiger partial charge in [0.05, 0.1) is 19.3 Å².